The Hall–Kier alpha value is -1.39. The predicted molar refractivity (Wildman–Crippen MR) is 76.8 cm³/mol. The number of rotatable bonds is 3. The van der Waals surface area contributed by atoms with Crippen LogP contribution >= 0.6 is 0 Å². The van der Waals surface area contributed by atoms with Crippen LogP contribution in [0.4, 0.5) is 0 Å². The molecule has 0 bridgehead atoms. The summed E-state index contributed by atoms with van der Waals surface area (Å²) >= 11 is 0. The molecular formula is C15H23N3O. The molecule has 0 aliphatic carbocycles. The number of hydrogen-bond acceptors (Lipinski definition) is 3. The molecule has 0 saturated carbocycles. The zero-order valence-corrected chi connectivity index (χ0v) is 12.0. The van der Waals surface area contributed by atoms with Crippen molar-refractivity contribution in [2.75, 3.05) is 26.7 Å². The molecule has 1 aromatic rings. The molecule has 4 nitrogen and oxygen atoms in total. The molecule has 1 aromatic carbocycles. The van der Waals surface area contributed by atoms with Gasteiger partial charge in [-0.1, -0.05) is 29.8 Å². The van der Waals surface area contributed by atoms with Gasteiger partial charge in [0.2, 0.25) is 5.91 Å². The van der Waals surface area contributed by atoms with Gasteiger partial charge in [-0.3, -0.25) is 9.69 Å². The van der Waals surface area contributed by atoms with Crippen molar-refractivity contribution in [1.29, 1.82) is 0 Å². The minimum absolute atomic E-state index is 0.00101. The lowest BCUT2D eigenvalue weighted by Crippen LogP contribution is -2.52. The number of carbonyl (C=O) groups excluding carboxylic acids is 1. The highest BCUT2D eigenvalue weighted by molar-refractivity contribution is 5.78. The van der Waals surface area contributed by atoms with Gasteiger partial charge in [-0.25, -0.2) is 0 Å². The molecule has 1 heterocycles. The van der Waals surface area contributed by atoms with Crippen LogP contribution in [0, 0.1) is 6.92 Å². The van der Waals surface area contributed by atoms with Crippen molar-refractivity contribution in [3.05, 3.63) is 35.4 Å². The van der Waals surface area contributed by atoms with E-state index in [0.717, 1.165) is 13.1 Å². The van der Waals surface area contributed by atoms with E-state index in [9.17, 15) is 4.79 Å². The predicted octanol–water partition coefficient (Wildman–Crippen LogP) is 1.16. The number of aryl methyl sites for hydroxylation is 1. The van der Waals surface area contributed by atoms with Crippen molar-refractivity contribution in [2.24, 2.45) is 5.73 Å². The molecule has 2 atom stereocenters. The number of hydrogen-bond donors (Lipinski definition) is 1. The second-order valence-electron chi connectivity index (χ2n) is 5.50. The summed E-state index contributed by atoms with van der Waals surface area (Å²) in [4.78, 5) is 15.8. The van der Waals surface area contributed by atoms with Crippen LogP contribution in [0.2, 0.25) is 0 Å². The summed E-state index contributed by atoms with van der Waals surface area (Å²) in [6.07, 6.45) is 0. The van der Waals surface area contributed by atoms with E-state index in [1.807, 2.05) is 14.0 Å². The normalized spacial score (nSPS) is 20.4. The molecule has 2 rings (SSSR count). The first kappa shape index (κ1) is 14.0. The van der Waals surface area contributed by atoms with Gasteiger partial charge in [-0.05, 0) is 19.4 Å². The van der Waals surface area contributed by atoms with E-state index in [-0.39, 0.29) is 18.0 Å². The standard InChI is InChI=1S/C15H23N3O/c1-11-4-6-13(7-5-11)15(12(2)16)18-9-8-17(3)14(19)10-18/h4-7,12,15H,8-10,16H2,1-3H3. The Morgan fingerprint density at radius 1 is 1.21 bits per heavy atom. The van der Waals surface area contributed by atoms with Gasteiger partial charge >= 0.3 is 0 Å². The molecule has 1 amide bonds. The maximum atomic E-state index is 11.9. The van der Waals surface area contributed by atoms with Crippen LogP contribution in [0.25, 0.3) is 0 Å². The largest absolute Gasteiger partial charge is 0.343 e. The molecule has 19 heavy (non-hydrogen) atoms. The Labute approximate surface area is 115 Å². The molecule has 4 heteroatoms. The number of piperazine rings is 1. The van der Waals surface area contributed by atoms with Gasteiger partial charge in [0.05, 0.1) is 12.6 Å². The number of likely N-dealkylation sites (N-methyl/N-ethyl adjacent to an activating group) is 1. The van der Waals surface area contributed by atoms with E-state index in [2.05, 4.69) is 36.1 Å². The lowest BCUT2D eigenvalue weighted by Gasteiger charge is -2.39. The summed E-state index contributed by atoms with van der Waals surface area (Å²) in [5, 5.41) is 0. The molecule has 2 N–H and O–H groups in total. The minimum Gasteiger partial charge on any atom is -0.343 e. The van der Waals surface area contributed by atoms with E-state index in [4.69, 9.17) is 5.73 Å². The summed E-state index contributed by atoms with van der Waals surface area (Å²) in [5.41, 5.74) is 8.58. The van der Waals surface area contributed by atoms with Crippen molar-refractivity contribution in [2.45, 2.75) is 25.9 Å². The highest BCUT2D eigenvalue weighted by Crippen LogP contribution is 2.25. The average molecular weight is 261 g/mol. The van der Waals surface area contributed by atoms with Gasteiger partial charge in [0.1, 0.15) is 0 Å². The molecule has 1 aliphatic heterocycles. The zero-order chi connectivity index (χ0) is 14.0. The quantitative estimate of drug-likeness (QED) is 0.888. The molecule has 2 unspecified atom stereocenters. The SMILES string of the molecule is Cc1ccc(C(C(C)N)N2CCN(C)C(=O)C2)cc1. The van der Waals surface area contributed by atoms with Crippen LogP contribution in [-0.2, 0) is 4.79 Å². The van der Waals surface area contributed by atoms with E-state index >= 15 is 0 Å². The van der Waals surface area contributed by atoms with Gasteiger partial charge < -0.3 is 10.6 Å². The van der Waals surface area contributed by atoms with Gasteiger partial charge in [-0.2, -0.15) is 0 Å². The van der Waals surface area contributed by atoms with E-state index in [1.54, 1.807) is 4.90 Å². The molecule has 0 spiro atoms. The van der Waals surface area contributed by atoms with Crippen molar-refractivity contribution >= 4 is 5.91 Å². The Morgan fingerprint density at radius 2 is 1.84 bits per heavy atom. The lowest BCUT2D eigenvalue weighted by molar-refractivity contribution is -0.135. The maximum absolute atomic E-state index is 11.9. The first-order valence-electron chi connectivity index (χ1n) is 6.79. The monoisotopic (exact) mass is 261 g/mol. The average Bonchev–Trinajstić information content (AvgIpc) is 2.36. The van der Waals surface area contributed by atoms with Crippen LogP contribution in [0.3, 0.4) is 0 Å². The Kier molecular flexibility index (Phi) is 4.22. The van der Waals surface area contributed by atoms with Crippen molar-refractivity contribution in [1.82, 2.24) is 9.80 Å². The number of benzene rings is 1. The van der Waals surface area contributed by atoms with Gasteiger partial charge in [0.25, 0.3) is 0 Å². The maximum Gasteiger partial charge on any atom is 0.236 e. The van der Waals surface area contributed by atoms with Gasteiger partial charge in [-0.15, -0.1) is 0 Å². The summed E-state index contributed by atoms with van der Waals surface area (Å²) in [6.45, 7) is 6.18. The third kappa shape index (κ3) is 3.14. The molecule has 1 aliphatic rings. The third-order valence-electron chi connectivity index (χ3n) is 3.80. The number of carbonyl (C=O) groups is 1. The second kappa shape index (κ2) is 5.72. The lowest BCUT2D eigenvalue weighted by atomic mass is 9.97. The zero-order valence-electron chi connectivity index (χ0n) is 12.0. The van der Waals surface area contributed by atoms with E-state index < -0.39 is 0 Å². The summed E-state index contributed by atoms with van der Waals surface area (Å²) in [6, 6.07) is 8.54. The van der Waals surface area contributed by atoms with E-state index in [1.165, 1.54) is 11.1 Å². The number of nitrogens with two attached hydrogens (primary N) is 1. The van der Waals surface area contributed by atoms with E-state index in [0.29, 0.717) is 6.54 Å². The molecular weight excluding hydrogens is 238 g/mol. The molecule has 0 radical (unpaired) electrons. The van der Waals surface area contributed by atoms with Crippen LogP contribution in [-0.4, -0.2) is 48.4 Å². The minimum atomic E-state index is -0.00101. The molecule has 0 aromatic heterocycles. The molecule has 104 valence electrons. The first-order chi connectivity index (χ1) is 8.99. The highest BCUT2D eigenvalue weighted by atomic mass is 16.2. The fraction of sp³-hybridized carbons (Fsp3) is 0.533. The summed E-state index contributed by atoms with van der Waals surface area (Å²) in [7, 11) is 1.85. The third-order valence-corrected chi connectivity index (χ3v) is 3.80. The van der Waals surface area contributed by atoms with Crippen molar-refractivity contribution < 1.29 is 4.79 Å². The Balaban J connectivity index is 2.21. The number of amides is 1. The second-order valence-corrected chi connectivity index (χ2v) is 5.50. The highest BCUT2D eigenvalue weighted by Gasteiger charge is 2.30. The van der Waals surface area contributed by atoms with Crippen LogP contribution < -0.4 is 5.73 Å². The topological polar surface area (TPSA) is 49.6 Å². The fourth-order valence-corrected chi connectivity index (χ4v) is 2.62. The van der Waals surface area contributed by atoms with Crippen molar-refractivity contribution in [3.8, 4) is 0 Å². The van der Waals surface area contributed by atoms with Gasteiger partial charge in [0.15, 0.2) is 0 Å². The molecule has 1 saturated heterocycles. The molecule has 1 fully saturated rings. The Morgan fingerprint density at radius 3 is 2.37 bits per heavy atom. The summed E-state index contributed by atoms with van der Waals surface area (Å²) in [5.74, 6) is 0.170. The van der Waals surface area contributed by atoms with Crippen LogP contribution in [0.15, 0.2) is 24.3 Å². The Bertz CT molecular complexity index is 441. The van der Waals surface area contributed by atoms with Crippen LogP contribution in [0.5, 0.6) is 0 Å². The van der Waals surface area contributed by atoms with Crippen molar-refractivity contribution in [3.63, 3.8) is 0 Å². The smallest absolute Gasteiger partial charge is 0.236 e. The first-order valence-corrected chi connectivity index (χ1v) is 6.79. The van der Waals surface area contributed by atoms with Crippen LogP contribution in [0.1, 0.15) is 24.1 Å². The summed E-state index contributed by atoms with van der Waals surface area (Å²) < 4.78 is 0. The number of nitrogens with zero attached hydrogens (tertiary/aromatic N) is 2. The fourth-order valence-electron chi connectivity index (χ4n) is 2.62. The van der Waals surface area contributed by atoms with Gasteiger partial charge in [0, 0.05) is 26.2 Å².